The van der Waals surface area contributed by atoms with Crippen LogP contribution in [-0.4, -0.2) is 44.5 Å². The average Bonchev–Trinajstić information content (AvgIpc) is 2.78. The van der Waals surface area contributed by atoms with Crippen LogP contribution >= 0.6 is 23.5 Å². The molecule has 0 amide bonds. The van der Waals surface area contributed by atoms with E-state index in [-0.39, 0.29) is 75.4 Å². The summed E-state index contributed by atoms with van der Waals surface area (Å²) in [7, 11) is -17.9. The molecule has 2 N–H and O–H groups in total. The number of hydrogen-bond acceptors (Lipinski definition) is 14. The molecule has 0 spiro atoms. The number of rotatable bonds is 8. The number of phosphoric acid groups is 3. The van der Waals surface area contributed by atoms with Crippen LogP contribution in [0.1, 0.15) is 6.23 Å². The van der Waals surface area contributed by atoms with E-state index in [4.69, 9.17) is 9.63 Å². The third-order valence-corrected chi connectivity index (χ3v) is 6.89. The van der Waals surface area contributed by atoms with E-state index < -0.39 is 66.3 Å². The summed E-state index contributed by atoms with van der Waals surface area (Å²) in [4.78, 5) is 55.5. The number of halogens is 1. The summed E-state index contributed by atoms with van der Waals surface area (Å²) >= 11 is 0. The van der Waals surface area contributed by atoms with Crippen molar-refractivity contribution in [3.63, 3.8) is 0 Å². The van der Waals surface area contributed by atoms with Gasteiger partial charge in [0.2, 0.25) is 0 Å². The van der Waals surface area contributed by atoms with Crippen LogP contribution in [0, 0.1) is 0 Å². The van der Waals surface area contributed by atoms with E-state index in [9.17, 15) is 47.8 Å². The smallest absolute Gasteiger partial charge is 0.858 e. The molecule has 0 radical (unpaired) electrons. The van der Waals surface area contributed by atoms with Crippen molar-refractivity contribution in [2.24, 2.45) is 0 Å². The van der Waals surface area contributed by atoms with Crippen molar-refractivity contribution < 1.29 is 141 Å². The van der Waals surface area contributed by atoms with Gasteiger partial charge in [-0.25, -0.2) is 23.0 Å². The Morgan fingerprint density at radius 1 is 1.15 bits per heavy atom. The zero-order valence-corrected chi connectivity index (χ0v) is 20.3. The molecule has 1 aromatic rings. The Bertz CT molecular complexity index is 966. The monoisotopic (exact) mass is 510 g/mol. The van der Waals surface area contributed by atoms with Gasteiger partial charge in [0.15, 0.2) is 12.4 Å². The summed E-state index contributed by atoms with van der Waals surface area (Å²) in [6.07, 6.45) is -7.17. The van der Waals surface area contributed by atoms with E-state index in [0.717, 1.165) is 12.3 Å². The van der Waals surface area contributed by atoms with Gasteiger partial charge in [0.25, 0.3) is 7.82 Å². The molecular weight excluding hydrogens is 500 g/mol. The summed E-state index contributed by atoms with van der Waals surface area (Å²) in [6, 6.07) is 0.789. The summed E-state index contributed by atoms with van der Waals surface area (Å²) in [6.45, 7) is -1.23. The topological polar surface area (TPSA) is 256 Å². The Hall–Kier alpha value is 1.33. The van der Waals surface area contributed by atoms with Gasteiger partial charge in [-0.3, -0.25) is 13.4 Å². The standard InChI is InChI=1S/C9H14FN2O14P3.4Li/c10-6-7(14)4(24-8(6)12-2-1-5(13)11-9(12)15)3-23-28(19,20)26-29(21,22)25-27(16,17)18;;;;/h1-2,4,6-8,14H,3H2,(H,19,20)(H,21,22)(H,11,13,15)(H2,16,17,18);;;;/q;4*+1/p-4/t4-,6?,7+,8-;;;;/m1..../s1. The van der Waals surface area contributed by atoms with Crippen molar-refractivity contribution >= 4 is 23.5 Å². The fourth-order valence-electron chi connectivity index (χ4n) is 2.11. The van der Waals surface area contributed by atoms with Crippen molar-refractivity contribution in [2.75, 3.05) is 6.61 Å². The van der Waals surface area contributed by atoms with Gasteiger partial charge in [-0.05, 0) is 11.9 Å². The van der Waals surface area contributed by atoms with Crippen LogP contribution in [0.3, 0.4) is 0 Å². The first-order chi connectivity index (χ1) is 13.1. The Labute approximate surface area is 232 Å². The third kappa shape index (κ3) is 11.9. The average molecular weight is 510 g/mol. The zero-order valence-electron chi connectivity index (χ0n) is 17.6. The van der Waals surface area contributed by atoms with Gasteiger partial charge in [-0.15, -0.1) is 0 Å². The summed E-state index contributed by atoms with van der Waals surface area (Å²) < 4.78 is 63.1. The van der Waals surface area contributed by atoms with E-state index in [0.29, 0.717) is 4.57 Å². The summed E-state index contributed by atoms with van der Waals surface area (Å²) in [5.41, 5.74) is -1.23. The molecule has 1 aliphatic rings. The predicted molar refractivity (Wildman–Crippen MR) is 75.9 cm³/mol. The van der Waals surface area contributed by atoms with Gasteiger partial charge < -0.3 is 43.6 Å². The molecule has 1 fully saturated rings. The van der Waals surface area contributed by atoms with E-state index in [1.165, 1.54) is 0 Å². The van der Waals surface area contributed by atoms with Gasteiger partial charge >= 0.3 is 89.0 Å². The molecule has 0 saturated carbocycles. The van der Waals surface area contributed by atoms with E-state index in [1.807, 2.05) is 0 Å². The second-order valence-corrected chi connectivity index (χ2v) is 9.57. The number of aromatic nitrogens is 2. The number of ether oxygens (including phenoxy) is 1. The quantitative estimate of drug-likeness (QED) is 0.243. The molecule has 0 aliphatic carbocycles. The van der Waals surface area contributed by atoms with Gasteiger partial charge in [0.1, 0.15) is 12.2 Å². The first-order valence-electron chi connectivity index (χ1n) is 7.07. The third-order valence-electron chi connectivity index (χ3n) is 3.18. The van der Waals surface area contributed by atoms with Crippen LogP contribution in [0.25, 0.3) is 0 Å². The first-order valence-corrected chi connectivity index (χ1v) is 11.5. The first kappa shape index (κ1) is 38.9. The van der Waals surface area contributed by atoms with Crippen LogP contribution in [-0.2, 0) is 31.6 Å². The summed E-state index contributed by atoms with van der Waals surface area (Å²) in [5.74, 6) is -0.930. The SMILES string of the molecule is O=c1nc([O-])ccn1[C@@H]1O[C@H](COP(=O)([O-])OP(=O)(O)OP(=O)([O-])[O-])[C@H](O)C1F.[Li+].[Li+].[Li+].[Li+]. The fraction of sp³-hybridized carbons (Fsp3) is 0.556. The number of aliphatic hydroxyl groups is 1. The molecule has 0 aromatic carbocycles. The Balaban J connectivity index is -0.00000225. The van der Waals surface area contributed by atoms with Crippen molar-refractivity contribution in [1.82, 2.24) is 9.55 Å². The largest absolute Gasteiger partial charge is 1.00 e. The second kappa shape index (κ2) is 14.9. The molecule has 2 heterocycles. The van der Waals surface area contributed by atoms with Crippen molar-refractivity contribution in [3.8, 4) is 5.88 Å². The molecule has 1 aromatic heterocycles. The molecular formula is C9H10FLi4N2O14P3. The zero-order chi connectivity index (χ0) is 22.2. The molecule has 33 heavy (non-hydrogen) atoms. The molecule has 1 saturated heterocycles. The normalized spacial score (nSPS) is 25.8. The Morgan fingerprint density at radius 2 is 1.70 bits per heavy atom. The van der Waals surface area contributed by atoms with Gasteiger partial charge in [-0.2, -0.15) is 0 Å². The van der Waals surface area contributed by atoms with Crippen molar-refractivity contribution in [3.05, 3.63) is 22.7 Å². The molecule has 16 nitrogen and oxygen atoms in total. The molecule has 3 unspecified atom stereocenters. The molecule has 0 bridgehead atoms. The Morgan fingerprint density at radius 3 is 2.18 bits per heavy atom. The minimum atomic E-state index is -6.11. The maximum atomic E-state index is 14.2. The van der Waals surface area contributed by atoms with Gasteiger partial charge in [0.05, 0.1) is 14.4 Å². The number of phosphoric ester groups is 1. The number of nitrogens with zero attached hydrogens (tertiary/aromatic N) is 2. The maximum Gasteiger partial charge on any atom is 1.00 e. The van der Waals surface area contributed by atoms with Crippen LogP contribution in [0.4, 0.5) is 4.39 Å². The minimum absolute atomic E-state index is 0. The Kier molecular flexibility index (Phi) is 17.6. The maximum absolute atomic E-state index is 14.2. The number of aliphatic hydroxyl groups excluding tert-OH is 1. The van der Waals surface area contributed by atoms with Crippen LogP contribution in [0.15, 0.2) is 17.1 Å². The van der Waals surface area contributed by atoms with E-state index in [2.05, 4.69) is 18.1 Å². The second-order valence-electron chi connectivity index (χ2n) is 5.28. The van der Waals surface area contributed by atoms with E-state index >= 15 is 0 Å². The van der Waals surface area contributed by atoms with Gasteiger partial charge in [0, 0.05) is 6.20 Å². The number of alkyl halides is 1. The van der Waals surface area contributed by atoms with Crippen LogP contribution in [0.5, 0.6) is 5.88 Å². The molecule has 1 aliphatic heterocycles. The van der Waals surface area contributed by atoms with Gasteiger partial charge in [-0.1, -0.05) is 0 Å². The van der Waals surface area contributed by atoms with Crippen LogP contribution in [0.2, 0.25) is 0 Å². The van der Waals surface area contributed by atoms with E-state index in [1.54, 1.807) is 0 Å². The fourth-order valence-corrected chi connectivity index (χ4v) is 5.04. The molecule has 166 valence electrons. The predicted octanol–water partition coefficient (Wildman–Crippen LogP) is -15.6. The molecule has 2 rings (SSSR count). The van der Waals surface area contributed by atoms with Crippen LogP contribution < -0.4 is 101 Å². The molecule has 6 atom stereocenters. The minimum Gasteiger partial charge on any atom is -0.858 e. The van der Waals surface area contributed by atoms with Crippen molar-refractivity contribution in [1.29, 1.82) is 0 Å². The summed E-state index contributed by atoms with van der Waals surface area (Å²) in [5, 5.41) is 20.7. The van der Waals surface area contributed by atoms with Crippen molar-refractivity contribution in [2.45, 2.75) is 24.6 Å². The number of hydrogen-bond donors (Lipinski definition) is 2. The molecule has 24 heteroatoms.